The highest BCUT2D eigenvalue weighted by Crippen LogP contribution is 2.47. The fourth-order valence-electron chi connectivity index (χ4n) is 3.39. The minimum Gasteiger partial charge on any atom is -0.483 e. The summed E-state index contributed by atoms with van der Waals surface area (Å²) in [4.78, 5) is 21.4. The van der Waals surface area contributed by atoms with Crippen LogP contribution in [0.2, 0.25) is 0 Å². The van der Waals surface area contributed by atoms with Gasteiger partial charge in [0.15, 0.2) is 6.61 Å². The molecule has 2 heterocycles. The SMILES string of the molecule is C[C@@H](NC(=O)[C@H]1C[C@@H]1c1ccc2ccccc2n1)c1ccc(OCC(F)(F)F)cn1. The summed E-state index contributed by atoms with van der Waals surface area (Å²) in [5.41, 5.74) is 2.36. The quantitative estimate of drug-likeness (QED) is 0.642. The summed E-state index contributed by atoms with van der Waals surface area (Å²) in [6, 6.07) is 14.4. The Hall–Kier alpha value is -3.16. The van der Waals surface area contributed by atoms with Crippen LogP contribution in [0.1, 0.15) is 36.7 Å². The molecule has 1 aliphatic carbocycles. The number of aromatic nitrogens is 2. The van der Waals surface area contributed by atoms with Crippen LogP contribution in [0, 0.1) is 5.92 Å². The summed E-state index contributed by atoms with van der Waals surface area (Å²) in [5, 5.41) is 3.98. The van der Waals surface area contributed by atoms with Gasteiger partial charge in [0.25, 0.3) is 0 Å². The number of alkyl halides is 3. The van der Waals surface area contributed by atoms with Gasteiger partial charge in [-0.2, -0.15) is 13.2 Å². The predicted molar refractivity (Wildman–Crippen MR) is 105 cm³/mol. The first-order chi connectivity index (χ1) is 14.3. The van der Waals surface area contributed by atoms with Crippen LogP contribution in [0.4, 0.5) is 13.2 Å². The zero-order valence-corrected chi connectivity index (χ0v) is 16.2. The first-order valence-corrected chi connectivity index (χ1v) is 9.62. The highest BCUT2D eigenvalue weighted by Gasteiger charge is 2.45. The van der Waals surface area contributed by atoms with Crippen LogP contribution in [0.15, 0.2) is 54.7 Å². The molecule has 0 spiro atoms. The summed E-state index contributed by atoms with van der Waals surface area (Å²) in [5.74, 6) is -0.107. The highest BCUT2D eigenvalue weighted by atomic mass is 19.4. The molecule has 0 saturated heterocycles. The van der Waals surface area contributed by atoms with Crippen LogP contribution < -0.4 is 10.1 Å². The number of para-hydroxylation sites is 1. The zero-order chi connectivity index (χ0) is 21.3. The van der Waals surface area contributed by atoms with Gasteiger partial charge in [-0.15, -0.1) is 0 Å². The van der Waals surface area contributed by atoms with Gasteiger partial charge in [0.1, 0.15) is 5.75 Å². The highest BCUT2D eigenvalue weighted by molar-refractivity contribution is 5.84. The van der Waals surface area contributed by atoms with E-state index >= 15 is 0 Å². The molecular weight excluding hydrogens is 395 g/mol. The molecule has 3 aromatic rings. The maximum atomic E-state index is 12.6. The first kappa shape index (κ1) is 20.1. The summed E-state index contributed by atoms with van der Waals surface area (Å²) in [6.07, 6.45) is -2.44. The van der Waals surface area contributed by atoms with Gasteiger partial charge in [0.2, 0.25) is 5.91 Å². The molecular formula is C22H20F3N3O2. The molecule has 1 N–H and O–H groups in total. The van der Waals surface area contributed by atoms with Gasteiger partial charge >= 0.3 is 6.18 Å². The van der Waals surface area contributed by atoms with Gasteiger partial charge in [-0.05, 0) is 37.6 Å². The van der Waals surface area contributed by atoms with Crippen molar-refractivity contribution in [3.05, 3.63) is 66.1 Å². The number of pyridine rings is 2. The van der Waals surface area contributed by atoms with E-state index in [0.29, 0.717) is 5.69 Å². The Bertz CT molecular complexity index is 1050. The normalized spacial score (nSPS) is 19.3. The Morgan fingerprint density at radius 3 is 2.73 bits per heavy atom. The number of nitrogens with zero attached hydrogens (tertiary/aromatic N) is 2. The number of ether oxygens (including phenoxy) is 1. The lowest BCUT2D eigenvalue weighted by molar-refractivity contribution is -0.153. The van der Waals surface area contributed by atoms with Crippen LogP contribution in [-0.2, 0) is 4.79 Å². The Balaban J connectivity index is 1.33. The predicted octanol–water partition coefficient (Wildman–Crippen LogP) is 4.55. The van der Waals surface area contributed by atoms with Crippen molar-refractivity contribution in [2.24, 2.45) is 5.92 Å². The van der Waals surface area contributed by atoms with Crippen LogP contribution >= 0.6 is 0 Å². The van der Waals surface area contributed by atoms with E-state index in [9.17, 15) is 18.0 Å². The Labute approximate surface area is 171 Å². The number of fused-ring (bicyclic) bond motifs is 1. The number of rotatable bonds is 6. The third kappa shape index (κ3) is 4.69. The maximum Gasteiger partial charge on any atom is 0.422 e. The minimum absolute atomic E-state index is 0.0271. The number of benzene rings is 1. The smallest absolute Gasteiger partial charge is 0.422 e. The van der Waals surface area contributed by atoms with Crippen molar-refractivity contribution >= 4 is 16.8 Å². The van der Waals surface area contributed by atoms with Gasteiger partial charge in [-0.1, -0.05) is 24.3 Å². The second-order valence-electron chi connectivity index (χ2n) is 7.43. The first-order valence-electron chi connectivity index (χ1n) is 9.62. The summed E-state index contributed by atoms with van der Waals surface area (Å²) in [6.45, 7) is 0.411. The molecule has 0 radical (unpaired) electrons. The summed E-state index contributed by atoms with van der Waals surface area (Å²) in [7, 11) is 0. The lowest BCUT2D eigenvalue weighted by Crippen LogP contribution is -2.29. The number of halogens is 3. The van der Waals surface area contributed by atoms with Crippen molar-refractivity contribution in [3.63, 3.8) is 0 Å². The molecule has 1 fully saturated rings. The van der Waals surface area contributed by atoms with E-state index in [2.05, 4.69) is 20.0 Å². The molecule has 5 nitrogen and oxygen atoms in total. The minimum atomic E-state index is -4.40. The molecule has 1 aliphatic rings. The number of hydrogen-bond donors (Lipinski definition) is 1. The summed E-state index contributed by atoms with van der Waals surface area (Å²) >= 11 is 0. The van der Waals surface area contributed by atoms with E-state index in [-0.39, 0.29) is 29.5 Å². The van der Waals surface area contributed by atoms with Crippen molar-refractivity contribution in [3.8, 4) is 5.75 Å². The molecule has 1 saturated carbocycles. The summed E-state index contributed by atoms with van der Waals surface area (Å²) < 4.78 is 41.3. The van der Waals surface area contributed by atoms with E-state index < -0.39 is 12.8 Å². The lowest BCUT2D eigenvalue weighted by atomic mass is 10.1. The second-order valence-corrected chi connectivity index (χ2v) is 7.43. The topological polar surface area (TPSA) is 64.1 Å². The van der Waals surface area contributed by atoms with Gasteiger partial charge < -0.3 is 10.1 Å². The van der Waals surface area contributed by atoms with Crippen LogP contribution in [0.5, 0.6) is 5.75 Å². The zero-order valence-electron chi connectivity index (χ0n) is 16.2. The lowest BCUT2D eigenvalue weighted by Gasteiger charge is -2.14. The van der Waals surface area contributed by atoms with Gasteiger partial charge in [0, 0.05) is 22.9 Å². The molecule has 0 bridgehead atoms. The Kier molecular flexibility index (Phi) is 5.32. The molecule has 156 valence electrons. The van der Waals surface area contributed by atoms with Crippen molar-refractivity contribution in [2.75, 3.05) is 6.61 Å². The number of carbonyl (C=O) groups excluding carboxylic acids is 1. The van der Waals surface area contributed by atoms with E-state index in [1.54, 1.807) is 13.0 Å². The molecule has 3 atom stereocenters. The average molecular weight is 415 g/mol. The number of nitrogens with one attached hydrogen (secondary N) is 1. The van der Waals surface area contributed by atoms with Crippen LogP contribution in [0.3, 0.4) is 0 Å². The Morgan fingerprint density at radius 2 is 2.00 bits per heavy atom. The van der Waals surface area contributed by atoms with E-state index in [1.807, 2.05) is 36.4 Å². The van der Waals surface area contributed by atoms with Crippen molar-refractivity contribution < 1.29 is 22.7 Å². The molecule has 0 aliphatic heterocycles. The standard InChI is InChI=1S/C22H20F3N3O2/c1-13(18-9-7-15(11-26-18)30-12-22(23,24)25)27-21(29)17-10-16(17)20-8-6-14-4-2-3-5-19(14)28-20/h2-9,11,13,16-17H,10,12H2,1H3,(H,27,29)/t13-,16+,17+/m1/s1. The largest absolute Gasteiger partial charge is 0.483 e. The number of amides is 1. The van der Waals surface area contributed by atoms with Gasteiger partial charge in [-0.3, -0.25) is 14.8 Å². The van der Waals surface area contributed by atoms with E-state index in [4.69, 9.17) is 0 Å². The number of carbonyl (C=O) groups is 1. The molecule has 2 aromatic heterocycles. The monoisotopic (exact) mass is 415 g/mol. The molecule has 30 heavy (non-hydrogen) atoms. The van der Waals surface area contributed by atoms with Crippen molar-refractivity contribution in [2.45, 2.75) is 31.5 Å². The van der Waals surface area contributed by atoms with Crippen molar-refractivity contribution in [1.29, 1.82) is 0 Å². The molecule has 0 unspecified atom stereocenters. The van der Waals surface area contributed by atoms with E-state index in [0.717, 1.165) is 23.0 Å². The second kappa shape index (κ2) is 7.93. The third-order valence-corrected chi connectivity index (χ3v) is 5.09. The fourth-order valence-corrected chi connectivity index (χ4v) is 3.39. The molecule has 1 amide bonds. The molecule has 1 aromatic carbocycles. The van der Waals surface area contributed by atoms with Crippen LogP contribution in [-0.4, -0.2) is 28.7 Å². The van der Waals surface area contributed by atoms with Gasteiger partial charge in [0.05, 0.1) is 23.4 Å². The fraction of sp³-hybridized carbons (Fsp3) is 0.318. The van der Waals surface area contributed by atoms with Crippen LogP contribution in [0.25, 0.3) is 10.9 Å². The third-order valence-electron chi connectivity index (χ3n) is 5.09. The Morgan fingerprint density at radius 1 is 1.20 bits per heavy atom. The molecule has 4 rings (SSSR count). The molecule has 8 heteroatoms. The average Bonchev–Trinajstić information content (AvgIpc) is 3.53. The van der Waals surface area contributed by atoms with Gasteiger partial charge in [-0.25, -0.2) is 0 Å². The van der Waals surface area contributed by atoms with E-state index in [1.165, 1.54) is 12.3 Å². The number of hydrogen-bond acceptors (Lipinski definition) is 4. The maximum absolute atomic E-state index is 12.6. The van der Waals surface area contributed by atoms with Crippen molar-refractivity contribution in [1.82, 2.24) is 15.3 Å².